The molecule has 6 rings (SSSR count). The Morgan fingerprint density at radius 3 is 0.812 bits per heavy atom. The molecule has 0 aliphatic carbocycles. The summed E-state index contributed by atoms with van der Waals surface area (Å²) in [5.74, 6) is -10.8. The van der Waals surface area contributed by atoms with Crippen molar-refractivity contribution in [3.8, 4) is 24.7 Å². The van der Waals surface area contributed by atoms with E-state index in [0.29, 0.717) is 0 Å². The van der Waals surface area contributed by atoms with Gasteiger partial charge in [0.15, 0.2) is 34.9 Å². The van der Waals surface area contributed by atoms with E-state index >= 15 is 17.6 Å². The van der Waals surface area contributed by atoms with Crippen molar-refractivity contribution in [3.05, 3.63) is 57.7 Å². The Hall–Kier alpha value is -4.04. The highest BCUT2D eigenvalue weighted by molar-refractivity contribution is 6.45. The van der Waals surface area contributed by atoms with Gasteiger partial charge in [-0.15, -0.1) is 12.8 Å². The molecule has 32 heavy (non-hydrogen) atoms. The summed E-state index contributed by atoms with van der Waals surface area (Å²) < 4.78 is 120. The van der Waals surface area contributed by atoms with E-state index in [1.807, 2.05) is 0 Å². The van der Waals surface area contributed by atoms with Gasteiger partial charge in [-0.3, -0.25) is 0 Å². The first-order chi connectivity index (χ1) is 15.2. The molecule has 0 aliphatic heterocycles. The molecule has 0 bridgehead atoms. The molecule has 0 nitrogen and oxygen atoms in total. The van der Waals surface area contributed by atoms with Crippen molar-refractivity contribution in [1.29, 1.82) is 0 Å². The number of hydrogen-bond donors (Lipinski definition) is 0. The third-order valence-corrected chi connectivity index (χ3v) is 6.06. The van der Waals surface area contributed by atoms with Crippen LogP contribution in [-0.4, -0.2) is 0 Å². The Morgan fingerprint density at radius 1 is 0.312 bits per heavy atom. The van der Waals surface area contributed by atoms with Crippen molar-refractivity contribution in [2.45, 2.75) is 0 Å². The molecule has 0 spiro atoms. The second kappa shape index (κ2) is 5.41. The van der Waals surface area contributed by atoms with Crippen LogP contribution in [0.25, 0.3) is 53.9 Å². The maximum Gasteiger partial charge on any atom is 0.170 e. The molecule has 8 heteroatoms. The van der Waals surface area contributed by atoms with Gasteiger partial charge in [-0.1, -0.05) is 11.8 Å². The first-order valence-electron chi connectivity index (χ1n) is 8.84. The molecule has 6 aromatic rings. The SMILES string of the molecule is C#Cc1c(F)c2c(F)c(F)c3c(F)c(C#C)c4c(F)c(F)c5c(F)c(F)c1c1c2c3c4c51. The van der Waals surface area contributed by atoms with Crippen LogP contribution in [0.15, 0.2) is 0 Å². The summed E-state index contributed by atoms with van der Waals surface area (Å²) >= 11 is 0. The molecule has 0 amide bonds. The largest absolute Gasteiger partial charge is 0.205 e. The lowest BCUT2D eigenvalue weighted by molar-refractivity contribution is 0.501. The molecule has 0 aliphatic rings. The highest BCUT2D eigenvalue weighted by Crippen LogP contribution is 2.54. The van der Waals surface area contributed by atoms with Gasteiger partial charge in [-0.25, -0.2) is 35.1 Å². The molecule has 154 valence electrons. The smallest absolute Gasteiger partial charge is 0.170 e. The average Bonchev–Trinajstić information content (AvgIpc) is 3.09. The van der Waals surface area contributed by atoms with Crippen molar-refractivity contribution >= 4 is 53.9 Å². The molecule has 0 aromatic heterocycles. The van der Waals surface area contributed by atoms with Crippen molar-refractivity contribution in [2.75, 3.05) is 0 Å². The molecular weight excluding hydrogens is 440 g/mol. The van der Waals surface area contributed by atoms with Crippen LogP contribution in [0, 0.1) is 71.2 Å². The zero-order valence-corrected chi connectivity index (χ0v) is 15.2. The van der Waals surface area contributed by atoms with Gasteiger partial charge in [-0.2, -0.15) is 0 Å². The zero-order chi connectivity index (χ0) is 23.0. The van der Waals surface area contributed by atoms with Gasteiger partial charge in [0.25, 0.3) is 0 Å². The second-order valence-electron chi connectivity index (χ2n) is 7.30. The van der Waals surface area contributed by atoms with Crippen LogP contribution in [0.5, 0.6) is 0 Å². The lowest BCUT2D eigenvalue weighted by Crippen LogP contribution is -2.00. The van der Waals surface area contributed by atoms with Crippen molar-refractivity contribution in [3.63, 3.8) is 0 Å². The summed E-state index contributed by atoms with van der Waals surface area (Å²) in [7, 11) is 0. The standard InChI is InChI=1S/C24H2F8/c1-3-5-7-9-11-10-8(20(28)24(32)16(11)23(31)19(7)27)6(4-2)18(26)15-13(10)12(9)14(17(5)25)21(29)22(15)30/h1-2H. The zero-order valence-electron chi connectivity index (χ0n) is 15.2. The molecular formula is C24H2F8. The predicted molar refractivity (Wildman–Crippen MR) is 103 cm³/mol. The summed E-state index contributed by atoms with van der Waals surface area (Å²) in [6.45, 7) is 0. The molecule has 0 N–H and O–H groups in total. The molecule has 6 aromatic carbocycles. The summed E-state index contributed by atoms with van der Waals surface area (Å²) in [6.07, 6.45) is 10.5. The maximum absolute atomic E-state index is 15.2. The summed E-state index contributed by atoms with van der Waals surface area (Å²) in [4.78, 5) is 0. The second-order valence-corrected chi connectivity index (χ2v) is 7.30. The number of halogens is 8. The number of benzene rings is 5. The average molecular weight is 442 g/mol. The van der Waals surface area contributed by atoms with Gasteiger partial charge in [0.2, 0.25) is 0 Å². The van der Waals surface area contributed by atoms with E-state index in [1.54, 1.807) is 11.8 Å². The number of terminal acetylenes is 2. The van der Waals surface area contributed by atoms with Crippen LogP contribution in [0.2, 0.25) is 0 Å². The highest BCUT2D eigenvalue weighted by atomic mass is 19.2. The molecule has 0 saturated carbocycles. The van der Waals surface area contributed by atoms with Gasteiger partial charge < -0.3 is 0 Å². The van der Waals surface area contributed by atoms with Gasteiger partial charge >= 0.3 is 0 Å². The predicted octanol–water partition coefficient (Wildman–Crippen LogP) is 6.84. The van der Waals surface area contributed by atoms with E-state index in [2.05, 4.69) is 0 Å². The van der Waals surface area contributed by atoms with Crippen LogP contribution in [-0.2, 0) is 0 Å². The minimum absolute atomic E-state index is 0.486. The minimum Gasteiger partial charge on any atom is -0.205 e. The third kappa shape index (κ3) is 1.62. The maximum atomic E-state index is 15.2. The molecule has 0 atom stereocenters. The van der Waals surface area contributed by atoms with E-state index < -0.39 is 112 Å². The quantitative estimate of drug-likeness (QED) is 0.137. The summed E-state index contributed by atoms with van der Waals surface area (Å²) in [6, 6.07) is 0. The van der Waals surface area contributed by atoms with Crippen LogP contribution < -0.4 is 0 Å². The minimum atomic E-state index is -1.89. The third-order valence-electron chi connectivity index (χ3n) is 6.06. The van der Waals surface area contributed by atoms with Gasteiger partial charge in [0, 0.05) is 37.7 Å². The highest BCUT2D eigenvalue weighted by Gasteiger charge is 2.37. The summed E-state index contributed by atoms with van der Waals surface area (Å²) in [5, 5.41) is -7.73. The first kappa shape index (κ1) is 18.7. The van der Waals surface area contributed by atoms with Gasteiger partial charge in [0.05, 0.1) is 27.3 Å². The lowest BCUT2D eigenvalue weighted by Gasteiger charge is -2.12. The monoisotopic (exact) mass is 442 g/mol. The Kier molecular flexibility index (Phi) is 3.16. The Labute approximate surface area is 172 Å². The van der Waals surface area contributed by atoms with E-state index in [4.69, 9.17) is 12.8 Å². The number of rotatable bonds is 0. The molecule has 0 fully saturated rings. The van der Waals surface area contributed by atoms with Crippen molar-refractivity contribution in [2.24, 2.45) is 0 Å². The van der Waals surface area contributed by atoms with Crippen LogP contribution in [0.1, 0.15) is 11.1 Å². The fourth-order valence-corrected chi connectivity index (χ4v) is 4.91. The fourth-order valence-electron chi connectivity index (χ4n) is 4.91. The Morgan fingerprint density at radius 2 is 0.531 bits per heavy atom. The van der Waals surface area contributed by atoms with Crippen molar-refractivity contribution in [1.82, 2.24) is 0 Å². The van der Waals surface area contributed by atoms with Crippen LogP contribution in [0.4, 0.5) is 35.1 Å². The van der Waals surface area contributed by atoms with Gasteiger partial charge in [0.1, 0.15) is 11.6 Å². The summed E-state index contributed by atoms with van der Waals surface area (Å²) in [5.41, 5.74) is -1.90. The Bertz CT molecular complexity index is 1780. The van der Waals surface area contributed by atoms with Gasteiger partial charge in [-0.05, 0) is 0 Å². The van der Waals surface area contributed by atoms with Crippen LogP contribution >= 0.6 is 0 Å². The first-order valence-corrected chi connectivity index (χ1v) is 8.84. The van der Waals surface area contributed by atoms with Crippen LogP contribution in [0.3, 0.4) is 0 Å². The normalized spacial score (nSPS) is 12.3. The van der Waals surface area contributed by atoms with E-state index in [-0.39, 0.29) is 0 Å². The lowest BCUT2D eigenvalue weighted by atomic mass is 9.93. The van der Waals surface area contributed by atoms with E-state index in [0.717, 1.165) is 0 Å². The topological polar surface area (TPSA) is 0 Å². The van der Waals surface area contributed by atoms with Crippen molar-refractivity contribution < 1.29 is 35.1 Å². The molecule has 0 heterocycles. The molecule has 0 unspecified atom stereocenters. The molecule has 0 saturated heterocycles. The number of hydrogen-bond acceptors (Lipinski definition) is 0. The fraction of sp³-hybridized carbons (Fsp3) is 0. The Balaban J connectivity index is 2.27. The van der Waals surface area contributed by atoms with E-state index in [9.17, 15) is 17.6 Å². The molecule has 0 radical (unpaired) electrons. The van der Waals surface area contributed by atoms with E-state index in [1.165, 1.54) is 0 Å².